The largest absolute Gasteiger partial charge is 0.322 e. The number of nitro groups is 1. The molecule has 1 amide bonds. The molecule has 24 heavy (non-hydrogen) atoms. The summed E-state index contributed by atoms with van der Waals surface area (Å²) in [5, 5.41) is 13.7. The molecule has 0 saturated heterocycles. The topological polar surface area (TPSA) is 72.2 Å². The maximum atomic E-state index is 12.1. The van der Waals surface area contributed by atoms with Gasteiger partial charge in [0.25, 0.3) is 5.69 Å². The fourth-order valence-electron chi connectivity index (χ4n) is 2.04. The highest BCUT2D eigenvalue weighted by atomic mass is 127. The van der Waals surface area contributed by atoms with E-state index in [-0.39, 0.29) is 16.6 Å². The maximum Gasteiger partial charge on any atom is 0.288 e. The Morgan fingerprint density at radius 2 is 1.96 bits per heavy atom. The van der Waals surface area contributed by atoms with Crippen molar-refractivity contribution in [2.24, 2.45) is 0 Å². The van der Waals surface area contributed by atoms with Crippen LogP contribution in [0.5, 0.6) is 0 Å². The molecule has 7 heteroatoms. The maximum absolute atomic E-state index is 12.1. The SMILES string of the molecule is Cc1cc(NC(=O)/C=C/c2ccc(Cl)c([N+](=O)[O-])c2)c(C)cc1I. The molecule has 0 bridgehead atoms. The number of benzene rings is 2. The Morgan fingerprint density at radius 3 is 2.62 bits per heavy atom. The second-order valence-electron chi connectivity index (χ2n) is 5.21. The van der Waals surface area contributed by atoms with E-state index in [0.717, 1.165) is 20.4 Å². The van der Waals surface area contributed by atoms with Crippen LogP contribution in [0.4, 0.5) is 11.4 Å². The normalized spacial score (nSPS) is 10.8. The van der Waals surface area contributed by atoms with Gasteiger partial charge in [-0.3, -0.25) is 14.9 Å². The van der Waals surface area contributed by atoms with Crippen LogP contribution in [-0.2, 0) is 4.79 Å². The van der Waals surface area contributed by atoms with Crippen molar-refractivity contribution in [2.75, 3.05) is 5.32 Å². The van der Waals surface area contributed by atoms with Gasteiger partial charge in [0, 0.05) is 21.4 Å². The second-order valence-corrected chi connectivity index (χ2v) is 6.78. The summed E-state index contributed by atoms with van der Waals surface area (Å²) in [6.07, 6.45) is 2.84. The van der Waals surface area contributed by atoms with E-state index in [2.05, 4.69) is 27.9 Å². The highest BCUT2D eigenvalue weighted by molar-refractivity contribution is 14.1. The van der Waals surface area contributed by atoms with Crippen molar-refractivity contribution in [1.29, 1.82) is 0 Å². The van der Waals surface area contributed by atoms with Crippen LogP contribution in [0.1, 0.15) is 16.7 Å². The number of hydrogen-bond acceptors (Lipinski definition) is 3. The first-order valence-corrected chi connectivity index (χ1v) is 8.43. The number of carbonyl (C=O) groups is 1. The molecule has 0 fully saturated rings. The quantitative estimate of drug-likeness (QED) is 0.300. The summed E-state index contributed by atoms with van der Waals surface area (Å²) in [7, 11) is 0. The molecule has 0 aliphatic heterocycles. The predicted molar refractivity (Wildman–Crippen MR) is 104 cm³/mol. The van der Waals surface area contributed by atoms with Gasteiger partial charge in [-0.05, 0) is 77.4 Å². The predicted octanol–water partition coefficient (Wildman–Crippen LogP) is 5.12. The summed E-state index contributed by atoms with van der Waals surface area (Å²) in [5.41, 5.74) is 3.12. The van der Waals surface area contributed by atoms with E-state index in [1.807, 2.05) is 26.0 Å². The van der Waals surface area contributed by atoms with Crippen LogP contribution in [0.15, 0.2) is 36.4 Å². The molecule has 0 saturated carbocycles. The smallest absolute Gasteiger partial charge is 0.288 e. The van der Waals surface area contributed by atoms with Gasteiger partial charge in [0.1, 0.15) is 5.02 Å². The first-order chi connectivity index (χ1) is 11.3. The Balaban J connectivity index is 2.15. The van der Waals surface area contributed by atoms with E-state index in [1.54, 1.807) is 6.07 Å². The molecule has 0 radical (unpaired) electrons. The molecule has 2 aromatic carbocycles. The molecule has 1 N–H and O–H groups in total. The third kappa shape index (κ3) is 4.55. The van der Waals surface area contributed by atoms with E-state index < -0.39 is 4.92 Å². The number of nitro benzene ring substituents is 1. The molecule has 0 spiro atoms. The summed E-state index contributed by atoms with van der Waals surface area (Å²) in [4.78, 5) is 22.4. The highest BCUT2D eigenvalue weighted by Crippen LogP contribution is 2.26. The van der Waals surface area contributed by atoms with E-state index in [1.165, 1.54) is 24.3 Å². The van der Waals surface area contributed by atoms with Crippen molar-refractivity contribution in [1.82, 2.24) is 0 Å². The molecule has 0 unspecified atom stereocenters. The van der Waals surface area contributed by atoms with Gasteiger partial charge >= 0.3 is 0 Å². The Hall–Kier alpha value is -1.93. The van der Waals surface area contributed by atoms with Gasteiger partial charge in [-0.25, -0.2) is 0 Å². The molecule has 2 rings (SSSR count). The number of anilines is 1. The van der Waals surface area contributed by atoms with Crippen molar-refractivity contribution >= 4 is 57.5 Å². The molecule has 0 aliphatic carbocycles. The molecule has 5 nitrogen and oxygen atoms in total. The number of nitrogens with zero attached hydrogens (tertiary/aromatic N) is 1. The molecule has 124 valence electrons. The Bertz CT molecular complexity index is 850. The first-order valence-electron chi connectivity index (χ1n) is 6.97. The molecule has 2 aromatic rings. The number of nitrogens with one attached hydrogen (secondary N) is 1. The number of carbonyl (C=O) groups excluding carboxylic acids is 1. The minimum atomic E-state index is -0.558. The average molecular weight is 457 g/mol. The zero-order valence-electron chi connectivity index (χ0n) is 13.0. The third-order valence-corrected chi connectivity index (χ3v) is 4.84. The van der Waals surface area contributed by atoms with E-state index in [4.69, 9.17) is 11.6 Å². The van der Waals surface area contributed by atoms with Gasteiger partial charge < -0.3 is 5.32 Å². The summed E-state index contributed by atoms with van der Waals surface area (Å²) in [6, 6.07) is 8.28. The summed E-state index contributed by atoms with van der Waals surface area (Å²) >= 11 is 8.00. The lowest BCUT2D eigenvalue weighted by atomic mass is 10.1. The molecular weight excluding hydrogens is 443 g/mol. The molecule has 0 aliphatic rings. The first kappa shape index (κ1) is 18.4. The molecule has 0 aromatic heterocycles. The van der Waals surface area contributed by atoms with Gasteiger partial charge in [0.2, 0.25) is 5.91 Å². The van der Waals surface area contributed by atoms with Gasteiger partial charge in [-0.1, -0.05) is 17.7 Å². The van der Waals surface area contributed by atoms with Gasteiger partial charge in [0.05, 0.1) is 4.92 Å². The minimum absolute atomic E-state index is 0.0617. The Morgan fingerprint density at radius 1 is 1.25 bits per heavy atom. The number of hydrogen-bond donors (Lipinski definition) is 1. The average Bonchev–Trinajstić information content (AvgIpc) is 2.51. The van der Waals surface area contributed by atoms with Crippen LogP contribution < -0.4 is 5.32 Å². The number of aryl methyl sites for hydroxylation is 2. The zero-order valence-corrected chi connectivity index (χ0v) is 15.9. The lowest BCUT2D eigenvalue weighted by Gasteiger charge is -2.09. The van der Waals surface area contributed by atoms with Crippen molar-refractivity contribution in [3.05, 3.63) is 71.8 Å². The standard InChI is InChI=1S/C17H14ClIN2O3/c1-10-8-15(11(2)7-14(10)19)20-17(22)6-4-12-3-5-13(18)16(9-12)21(23)24/h3-9H,1-2H3,(H,20,22)/b6-4+. The van der Waals surface area contributed by atoms with Crippen LogP contribution in [0.2, 0.25) is 5.02 Å². The highest BCUT2D eigenvalue weighted by Gasteiger charge is 2.12. The Labute approximate surface area is 158 Å². The molecule has 0 atom stereocenters. The van der Waals surface area contributed by atoms with Crippen LogP contribution in [0.3, 0.4) is 0 Å². The van der Waals surface area contributed by atoms with Crippen LogP contribution in [-0.4, -0.2) is 10.8 Å². The van der Waals surface area contributed by atoms with Gasteiger partial charge in [-0.15, -0.1) is 0 Å². The van der Waals surface area contributed by atoms with Crippen molar-refractivity contribution in [3.63, 3.8) is 0 Å². The lowest BCUT2D eigenvalue weighted by molar-refractivity contribution is -0.384. The van der Waals surface area contributed by atoms with E-state index >= 15 is 0 Å². The number of rotatable bonds is 4. The van der Waals surface area contributed by atoms with Crippen molar-refractivity contribution < 1.29 is 9.72 Å². The van der Waals surface area contributed by atoms with Gasteiger partial charge in [0.15, 0.2) is 0 Å². The van der Waals surface area contributed by atoms with E-state index in [9.17, 15) is 14.9 Å². The van der Waals surface area contributed by atoms with Crippen LogP contribution >= 0.6 is 34.2 Å². The van der Waals surface area contributed by atoms with Crippen LogP contribution in [0.25, 0.3) is 6.08 Å². The second kappa shape index (κ2) is 7.76. The fraction of sp³-hybridized carbons (Fsp3) is 0.118. The molecule has 0 heterocycles. The lowest BCUT2D eigenvalue weighted by Crippen LogP contribution is -2.09. The summed E-state index contributed by atoms with van der Waals surface area (Å²) in [6.45, 7) is 3.89. The van der Waals surface area contributed by atoms with E-state index in [0.29, 0.717) is 5.56 Å². The van der Waals surface area contributed by atoms with Gasteiger partial charge in [-0.2, -0.15) is 0 Å². The van der Waals surface area contributed by atoms with Crippen LogP contribution in [0, 0.1) is 27.5 Å². The number of halogens is 2. The summed E-state index contributed by atoms with van der Waals surface area (Å²) in [5.74, 6) is -0.309. The van der Waals surface area contributed by atoms with Crippen molar-refractivity contribution in [2.45, 2.75) is 13.8 Å². The Kier molecular flexibility index (Phi) is 5.95. The van der Waals surface area contributed by atoms with Crippen molar-refractivity contribution in [3.8, 4) is 0 Å². The fourth-order valence-corrected chi connectivity index (χ4v) is 2.84. The minimum Gasteiger partial charge on any atom is -0.322 e. The molecular formula is C17H14ClIN2O3. The summed E-state index contributed by atoms with van der Waals surface area (Å²) < 4.78 is 1.13. The number of amides is 1. The zero-order chi connectivity index (χ0) is 17.9. The monoisotopic (exact) mass is 456 g/mol. The third-order valence-electron chi connectivity index (χ3n) is 3.36.